The lowest BCUT2D eigenvalue weighted by Gasteiger charge is -2.05. The Labute approximate surface area is 181 Å². The van der Waals surface area contributed by atoms with Crippen molar-refractivity contribution in [3.05, 3.63) is 84.6 Å². The molecule has 0 aliphatic carbocycles. The topological polar surface area (TPSA) is 67.9 Å². The average molecular weight is 412 g/mol. The second-order valence-corrected chi connectivity index (χ2v) is 7.11. The summed E-state index contributed by atoms with van der Waals surface area (Å²) in [5.74, 6) is 0.870. The van der Waals surface area contributed by atoms with Gasteiger partial charge in [0.2, 0.25) is 5.89 Å². The van der Waals surface area contributed by atoms with Crippen LogP contribution >= 0.6 is 0 Å². The second-order valence-electron chi connectivity index (χ2n) is 7.11. The Morgan fingerprint density at radius 2 is 1.58 bits per heavy atom. The van der Waals surface area contributed by atoms with E-state index in [1.165, 1.54) is 6.21 Å². The van der Waals surface area contributed by atoms with Gasteiger partial charge in [-0.2, -0.15) is 0 Å². The molecule has 0 aliphatic rings. The molecule has 1 N–H and O–H groups in total. The van der Waals surface area contributed by atoms with Gasteiger partial charge in [-0.1, -0.05) is 55.8 Å². The minimum atomic E-state index is -0.261. The van der Waals surface area contributed by atoms with Crippen molar-refractivity contribution in [2.45, 2.75) is 19.8 Å². The van der Waals surface area contributed by atoms with Crippen LogP contribution in [0, 0.1) is 0 Å². The monoisotopic (exact) mass is 412 g/mol. The van der Waals surface area contributed by atoms with Crippen LogP contribution in [0.2, 0.25) is 0 Å². The molecule has 3 aromatic carbocycles. The van der Waals surface area contributed by atoms with Crippen LogP contribution in [0.5, 0.6) is 11.7 Å². The average Bonchev–Trinajstić information content (AvgIpc) is 3.20. The van der Waals surface area contributed by atoms with E-state index in [2.05, 4.69) is 29.0 Å². The first-order valence-corrected chi connectivity index (χ1v) is 10.4. The number of oxazole rings is 1. The predicted octanol–water partition coefficient (Wildman–Crippen LogP) is 6.64. The first kappa shape index (κ1) is 20.4. The summed E-state index contributed by atoms with van der Waals surface area (Å²) in [5, 5.41) is 10.1. The Morgan fingerprint density at radius 3 is 2.29 bits per heavy atom. The normalized spacial score (nSPS) is 11.1. The molecule has 4 rings (SSSR count). The summed E-state index contributed by atoms with van der Waals surface area (Å²) >= 11 is 0. The number of ether oxygens (including phenoxy) is 1. The van der Waals surface area contributed by atoms with E-state index in [1.54, 1.807) is 0 Å². The highest BCUT2D eigenvalue weighted by atomic mass is 16.5. The zero-order chi connectivity index (χ0) is 21.5. The summed E-state index contributed by atoms with van der Waals surface area (Å²) in [6, 6.07) is 25.5. The number of hydrogen-bond acceptors (Lipinski definition) is 5. The van der Waals surface area contributed by atoms with E-state index < -0.39 is 0 Å². The van der Waals surface area contributed by atoms with Crippen molar-refractivity contribution in [3.63, 3.8) is 0 Å². The summed E-state index contributed by atoms with van der Waals surface area (Å²) in [7, 11) is 0. The van der Waals surface area contributed by atoms with E-state index in [0.717, 1.165) is 41.0 Å². The van der Waals surface area contributed by atoms with Crippen molar-refractivity contribution in [1.29, 1.82) is 0 Å². The summed E-state index contributed by atoms with van der Waals surface area (Å²) in [4.78, 5) is 8.77. The second kappa shape index (κ2) is 9.76. The largest absolute Gasteiger partial charge is 0.494 e. The fraction of sp³-hybridized carbons (Fsp3) is 0.154. The van der Waals surface area contributed by atoms with Crippen LogP contribution < -0.4 is 4.74 Å². The molecule has 5 heteroatoms. The van der Waals surface area contributed by atoms with Gasteiger partial charge < -0.3 is 14.3 Å². The Morgan fingerprint density at radius 1 is 0.903 bits per heavy atom. The molecule has 4 aromatic rings. The molecular weight excluding hydrogens is 388 g/mol. The van der Waals surface area contributed by atoms with E-state index >= 15 is 0 Å². The lowest BCUT2D eigenvalue weighted by molar-refractivity contribution is 0.309. The van der Waals surface area contributed by atoms with E-state index in [0.29, 0.717) is 12.5 Å². The molecule has 0 unspecified atom stereocenters. The van der Waals surface area contributed by atoms with Gasteiger partial charge in [0.25, 0.3) is 0 Å². The molecule has 0 fully saturated rings. The highest BCUT2D eigenvalue weighted by Gasteiger charge is 2.12. The molecule has 0 saturated heterocycles. The summed E-state index contributed by atoms with van der Waals surface area (Å²) in [5.41, 5.74) is 4.07. The Kier molecular flexibility index (Phi) is 6.43. The molecule has 0 amide bonds. The number of aliphatic imine (C=N–C) groups is 1. The Hall–Kier alpha value is -3.86. The van der Waals surface area contributed by atoms with Gasteiger partial charge in [0, 0.05) is 5.56 Å². The molecule has 0 aliphatic heterocycles. The van der Waals surface area contributed by atoms with Gasteiger partial charge >= 0.3 is 5.95 Å². The summed E-state index contributed by atoms with van der Waals surface area (Å²) in [6.45, 7) is 2.82. The zero-order valence-corrected chi connectivity index (χ0v) is 17.4. The number of aromatic nitrogens is 1. The number of aromatic hydroxyl groups is 1. The van der Waals surface area contributed by atoms with Gasteiger partial charge in [0.05, 0.1) is 18.5 Å². The minimum absolute atomic E-state index is 0.261. The van der Waals surface area contributed by atoms with Crippen LogP contribution in [0.3, 0.4) is 0 Å². The predicted molar refractivity (Wildman–Crippen MR) is 123 cm³/mol. The third-order valence-electron chi connectivity index (χ3n) is 4.81. The van der Waals surface area contributed by atoms with E-state index in [-0.39, 0.29) is 11.6 Å². The lowest BCUT2D eigenvalue weighted by atomic mass is 10.1. The van der Waals surface area contributed by atoms with Crippen LogP contribution in [-0.4, -0.2) is 22.9 Å². The van der Waals surface area contributed by atoms with Crippen molar-refractivity contribution in [2.24, 2.45) is 4.99 Å². The van der Waals surface area contributed by atoms with Gasteiger partial charge in [0.1, 0.15) is 5.75 Å². The molecule has 156 valence electrons. The van der Waals surface area contributed by atoms with Gasteiger partial charge in [-0.25, -0.2) is 4.98 Å². The zero-order valence-electron chi connectivity index (χ0n) is 17.4. The fourth-order valence-corrected chi connectivity index (χ4v) is 3.07. The summed E-state index contributed by atoms with van der Waals surface area (Å²) in [6.07, 6.45) is 3.62. The highest BCUT2D eigenvalue weighted by molar-refractivity contribution is 5.83. The Balaban J connectivity index is 1.45. The van der Waals surface area contributed by atoms with Crippen molar-refractivity contribution < 1.29 is 14.3 Å². The molecule has 0 saturated carbocycles. The third kappa shape index (κ3) is 5.20. The van der Waals surface area contributed by atoms with Gasteiger partial charge in [0.15, 0.2) is 5.69 Å². The number of nitrogens with zero attached hydrogens (tertiary/aromatic N) is 2. The molecule has 0 spiro atoms. The van der Waals surface area contributed by atoms with Crippen LogP contribution in [0.4, 0.5) is 5.69 Å². The summed E-state index contributed by atoms with van der Waals surface area (Å²) < 4.78 is 11.1. The quantitative estimate of drug-likeness (QED) is 0.260. The number of hydrogen-bond donors (Lipinski definition) is 1. The maximum Gasteiger partial charge on any atom is 0.312 e. The molecule has 0 bridgehead atoms. The SMILES string of the molecule is CCCCOc1ccc(-c2nc(C=Nc3ccc(-c4ccccc4)cc3)c(O)o2)cc1. The van der Waals surface area contributed by atoms with Crippen molar-refractivity contribution in [3.8, 4) is 34.3 Å². The molecule has 0 atom stereocenters. The maximum absolute atomic E-state index is 10.1. The van der Waals surface area contributed by atoms with Gasteiger partial charge in [-0.05, 0) is 53.9 Å². The molecular formula is C26H24N2O3. The van der Waals surface area contributed by atoms with Crippen LogP contribution in [0.15, 0.2) is 88.3 Å². The van der Waals surface area contributed by atoms with Gasteiger partial charge in [-0.3, -0.25) is 4.99 Å². The van der Waals surface area contributed by atoms with Crippen molar-refractivity contribution in [2.75, 3.05) is 6.61 Å². The van der Waals surface area contributed by atoms with E-state index in [9.17, 15) is 5.11 Å². The van der Waals surface area contributed by atoms with Crippen molar-refractivity contribution >= 4 is 11.9 Å². The first-order chi connectivity index (χ1) is 15.2. The van der Waals surface area contributed by atoms with E-state index in [1.807, 2.05) is 66.7 Å². The van der Waals surface area contributed by atoms with Crippen molar-refractivity contribution in [1.82, 2.24) is 4.98 Å². The van der Waals surface area contributed by atoms with Crippen LogP contribution in [0.25, 0.3) is 22.6 Å². The number of rotatable bonds is 8. The molecule has 0 radical (unpaired) electrons. The first-order valence-electron chi connectivity index (χ1n) is 10.4. The highest BCUT2D eigenvalue weighted by Crippen LogP contribution is 2.28. The molecule has 1 aromatic heterocycles. The van der Waals surface area contributed by atoms with E-state index in [4.69, 9.17) is 9.15 Å². The smallest absolute Gasteiger partial charge is 0.312 e. The van der Waals surface area contributed by atoms with Gasteiger partial charge in [-0.15, -0.1) is 0 Å². The molecule has 31 heavy (non-hydrogen) atoms. The standard InChI is InChI=1S/C26H24N2O3/c1-2-3-17-30-23-15-11-21(12-16-23)25-28-24(26(29)31-25)18-27-22-13-9-20(10-14-22)19-7-5-4-6-8-19/h4-16,18,29H,2-3,17H2,1H3. The number of unbranched alkanes of at least 4 members (excludes halogenated alkanes) is 1. The molecule has 5 nitrogen and oxygen atoms in total. The minimum Gasteiger partial charge on any atom is -0.494 e. The third-order valence-corrected chi connectivity index (χ3v) is 4.81. The molecule has 1 heterocycles. The van der Waals surface area contributed by atoms with Crippen LogP contribution in [0.1, 0.15) is 25.5 Å². The number of benzene rings is 3. The fourth-order valence-electron chi connectivity index (χ4n) is 3.07. The lowest BCUT2D eigenvalue weighted by Crippen LogP contribution is -1.95. The Bertz CT molecular complexity index is 1130. The maximum atomic E-state index is 10.1. The van der Waals surface area contributed by atoms with Crippen LogP contribution in [-0.2, 0) is 0 Å².